The number of para-hydroxylation sites is 1. The molecule has 4 atom stereocenters. The number of hydrogen-bond donors (Lipinski definition) is 3. The van der Waals surface area contributed by atoms with Crippen molar-refractivity contribution in [3.63, 3.8) is 0 Å². The number of nitrogens with one attached hydrogen (secondary N) is 2. The summed E-state index contributed by atoms with van der Waals surface area (Å²) < 4.78 is 15.2. The van der Waals surface area contributed by atoms with E-state index in [2.05, 4.69) is 38.6 Å². The number of carbonyl (C=O) groups excluding carboxylic acids is 1. The third-order valence-corrected chi connectivity index (χ3v) is 7.20. The van der Waals surface area contributed by atoms with Gasteiger partial charge >= 0.3 is 0 Å². The highest BCUT2D eigenvalue weighted by Crippen LogP contribution is 2.36. The second-order valence-electron chi connectivity index (χ2n) is 9.14. The van der Waals surface area contributed by atoms with Gasteiger partial charge in [-0.25, -0.2) is 4.98 Å². The fourth-order valence-electron chi connectivity index (χ4n) is 5.03. The molecule has 1 amide bonds. The Kier molecular flexibility index (Phi) is 5.43. The summed E-state index contributed by atoms with van der Waals surface area (Å²) in [6.07, 6.45) is 4.55. The van der Waals surface area contributed by atoms with E-state index in [9.17, 15) is 9.90 Å². The van der Waals surface area contributed by atoms with Crippen LogP contribution in [0.15, 0.2) is 42.7 Å². The Bertz CT molecular complexity index is 1410. The SMILES string of the molecule is CNc1cc(-c2cn([C@H]3COC[C@@H]3OC)c3ccccc23)nc2c(C(=O)N[C@@H]3CC[C@@H]3O)cnn12. The predicted octanol–water partition coefficient (Wildman–Crippen LogP) is 2.23. The molecule has 1 aliphatic heterocycles. The zero-order chi connectivity index (χ0) is 24.1. The lowest BCUT2D eigenvalue weighted by Gasteiger charge is -2.32. The van der Waals surface area contributed by atoms with E-state index >= 15 is 0 Å². The van der Waals surface area contributed by atoms with Crippen molar-refractivity contribution in [3.8, 4) is 11.3 Å². The lowest BCUT2D eigenvalue weighted by atomic mass is 9.89. The first kappa shape index (κ1) is 22.0. The highest BCUT2D eigenvalue weighted by atomic mass is 16.5. The van der Waals surface area contributed by atoms with Crippen LogP contribution in [0.3, 0.4) is 0 Å². The number of amides is 1. The first-order valence-corrected chi connectivity index (χ1v) is 11.8. The van der Waals surface area contributed by atoms with E-state index in [1.54, 1.807) is 11.6 Å². The summed E-state index contributed by atoms with van der Waals surface area (Å²) in [4.78, 5) is 17.9. The Balaban J connectivity index is 1.47. The third kappa shape index (κ3) is 3.56. The third-order valence-electron chi connectivity index (χ3n) is 7.20. The van der Waals surface area contributed by atoms with E-state index in [1.165, 1.54) is 6.20 Å². The van der Waals surface area contributed by atoms with E-state index in [0.29, 0.717) is 36.7 Å². The molecular formula is C25H28N6O4. The summed E-state index contributed by atoms with van der Waals surface area (Å²) >= 11 is 0. The maximum Gasteiger partial charge on any atom is 0.257 e. The number of hydrogen-bond acceptors (Lipinski definition) is 7. The minimum absolute atomic E-state index is 0.0334. The van der Waals surface area contributed by atoms with Crippen LogP contribution < -0.4 is 10.6 Å². The van der Waals surface area contributed by atoms with E-state index in [4.69, 9.17) is 14.5 Å². The number of ether oxygens (including phenoxy) is 2. The summed E-state index contributed by atoms with van der Waals surface area (Å²) in [6, 6.07) is 9.94. The fourth-order valence-corrected chi connectivity index (χ4v) is 5.03. The molecule has 6 rings (SSSR count). The topological polar surface area (TPSA) is 115 Å². The first-order chi connectivity index (χ1) is 17.1. The van der Waals surface area contributed by atoms with Crippen molar-refractivity contribution in [2.24, 2.45) is 0 Å². The summed E-state index contributed by atoms with van der Waals surface area (Å²) in [5.74, 6) is 0.424. The van der Waals surface area contributed by atoms with Crippen LogP contribution in [0.25, 0.3) is 27.8 Å². The number of fused-ring (bicyclic) bond motifs is 2. The van der Waals surface area contributed by atoms with Gasteiger partial charge in [0.15, 0.2) is 5.65 Å². The van der Waals surface area contributed by atoms with Gasteiger partial charge in [0, 0.05) is 42.9 Å². The van der Waals surface area contributed by atoms with Crippen LogP contribution in [0.5, 0.6) is 0 Å². The molecule has 0 unspecified atom stereocenters. The quantitative estimate of drug-likeness (QED) is 0.391. The van der Waals surface area contributed by atoms with Crippen LogP contribution in [0.1, 0.15) is 29.2 Å². The lowest BCUT2D eigenvalue weighted by molar-refractivity contribution is 0.0448. The summed E-state index contributed by atoms with van der Waals surface area (Å²) in [7, 11) is 3.52. The number of carbonyl (C=O) groups is 1. The number of anilines is 1. The van der Waals surface area contributed by atoms with Gasteiger partial charge in [-0.2, -0.15) is 9.61 Å². The number of methoxy groups -OCH3 is 1. The number of nitrogens with zero attached hydrogens (tertiary/aromatic N) is 4. The smallest absolute Gasteiger partial charge is 0.257 e. The zero-order valence-electron chi connectivity index (χ0n) is 19.6. The largest absolute Gasteiger partial charge is 0.391 e. The summed E-state index contributed by atoms with van der Waals surface area (Å²) in [6.45, 7) is 1.13. The Morgan fingerprint density at radius 2 is 2.11 bits per heavy atom. The molecule has 1 saturated carbocycles. The molecular weight excluding hydrogens is 448 g/mol. The van der Waals surface area contributed by atoms with Crippen molar-refractivity contribution in [3.05, 3.63) is 48.3 Å². The van der Waals surface area contributed by atoms with Gasteiger partial charge in [-0.1, -0.05) is 18.2 Å². The van der Waals surface area contributed by atoms with Crippen LogP contribution in [0, 0.1) is 0 Å². The van der Waals surface area contributed by atoms with Crippen LogP contribution in [0.2, 0.25) is 0 Å². The van der Waals surface area contributed by atoms with Gasteiger partial charge in [0.05, 0.1) is 43.3 Å². The molecule has 2 fully saturated rings. The molecule has 0 bridgehead atoms. The maximum atomic E-state index is 13.0. The first-order valence-electron chi connectivity index (χ1n) is 11.8. The molecule has 0 radical (unpaired) electrons. The van der Waals surface area contributed by atoms with Gasteiger partial charge in [-0.15, -0.1) is 0 Å². The van der Waals surface area contributed by atoms with Crippen molar-refractivity contribution in [2.45, 2.75) is 37.1 Å². The van der Waals surface area contributed by atoms with Gasteiger partial charge in [0.2, 0.25) is 0 Å². The molecule has 10 heteroatoms. The Labute approximate surface area is 201 Å². The number of aliphatic hydroxyl groups is 1. The molecule has 4 heterocycles. The average molecular weight is 477 g/mol. The van der Waals surface area contributed by atoms with Crippen molar-refractivity contribution in [2.75, 3.05) is 32.7 Å². The molecule has 1 aliphatic carbocycles. The Morgan fingerprint density at radius 3 is 2.86 bits per heavy atom. The molecule has 35 heavy (non-hydrogen) atoms. The predicted molar refractivity (Wildman–Crippen MR) is 131 cm³/mol. The molecule has 3 N–H and O–H groups in total. The van der Waals surface area contributed by atoms with Gasteiger partial charge in [-0.3, -0.25) is 4.79 Å². The molecule has 10 nitrogen and oxygen atoms in total. The Hall–Kier alpha value is -3.47. The normalized spacial score (nSPS) is 24.1. The Morgan fingerprint density at radius 1 is 1.26 bits per heavy atom. The van der Waals surface area contributed by atoms with Gasteiger partial charge in [0.1, 0.15) is 17.5 Å². The summed E-state index contributed by atoms with van der Waals surface area (Å²) in [5, 5.41) is 21.4. The number of benzene rings is 1. The molecule has 182 valence electrons. The molecule has 4 aromatic rings. The van der Waals surface area contributed by atoms with Crippen LogP contribution in [-0.4, -0.2) is 75.8 Å². The van der Waals surface area contributed by atoms with Crippen molar-refractivity contribution in [1.29, 1.82) is 0 Å². The monoisotopic (exact) mass is 476 g/mol. The van der Waals surface area contributed by atoms with Crippen LogP contribution >= 0.6 is 0 Å². The minimum atomic E-state index is -0.501. The fraction of sp³-hybridized carbons (Fsp3) is 0.400. The zero-order valence-corrected chi connectivity index (χ0v) is 19.6. The van der Waals surface area contributed by atoms with E-state index in [-0.39, 0.29) is 24.1 Å². The maximum absolute atomic E-state index is 13.0. The van der Waals surface area contributed by atoms with Gasteiger partial charge < -0.3 is 29.8 Å². The standard InChI is InChI=1S/C25H28N6O4/c1-26-23-9-18(28-24-15(10-27-31(23)24)25(33)29-17-7-8-21(17)32)16-11-30(19-6-4-3-5-14(16)19)20-12-35-13-22(20)34-2/h3-6,9-11,17,20-22,26,32H,7-8,12-13H2,1-2H3,(H,29,33)/t17-,20+,21+,22+/m1/s1. The molecule has 1 aromatic carbocycles. The molecule has 1 saturated heterocycles. The van der Waals surface area contributed by atoms with Crippen molar-refractivity contribution >= 4 is 28.3 Å². The van der Waals surface area contributed by atoms with Gasteiger partial charge in [0.25, 0.3) is 5.91 Å². The molecule has 2 aliphatic rings. The molecule has 3 aromatic heterocycles. The second-order valence-corrected chi connectivity index (χ2v) is 9.14. The second kappa shape index (κ2) is 8.63. The van der Waals surface area contributed by atoms with Crippen molar-refractivity contribution in [1.82, 2.24) is 24.5 Å². The number of rotatable bonds is 6. The van der Waals surface area contributed by atoms with E-state index < -0.39 is 6.10 Å². The van der Waals surface area contributed by atoms with Crippen molar-refractivity contribution < 1.29 is 19.4 Å². The number of aromatic nitrogens is 4. The van der Waals surface area contributed by atoms with Crippen LogP contribution in [0.4, 0.5) is 5.82 Å². The lowest BCUT2D eigenvalue weighted by Crippen LogP contribution is -2.50. The highest BCUT2D eigenvalue weighted by molar-refractivity contribution is 6.01. The van der Waals surface area contributed by atoms with Gasteiger partial charge in [-0.05, 0) is 18.9 Å². The number of aliphatic hydroxyl groups excluding tert-OH is 1. The minimum Gasteiger partial charge on any atom is -0.391 e. The highest BCUT2D eigenvalue weighted by Gasteiger charge is 2.33. The van der Waals surface area contributed by atoms with Crippen LogP contribution in [-0.2, 0) is 9.47 Å². The average Bonchev–Trinajstić information content (AvgIpc) is 3.61. The van der Waals surface area contributed by atoms with E-state index in [1.807, 2.05) is 25.2 Å². The van der Waals surface area contributed by atoms with E-state index in [0.717, 1.165) is 28.6 Å². The summed E-state index contributed by atoms with van der Waals surface area (Å²) in [5.41, 5.74) is 3.56. The molecule has 0 spiro atoms.